The third-order valence-electron chi connectivity index (χ3n) is 5.46. The number of sulfonamides is 2. The van der Waals surface area contributed by atoms with Crippen molar-refractivity contribution in [2.45, 2.75) is 55.2 Å². The molecule has 2 aliphatic rings. The first-order valence-corrected chi connectivity index (χ1v) is 12.9. The maximum Gasteiger partial charge on any atom is 0.244 e. The molecule has 2 heterocycles. The molecule has 164 valence electrons. The molecule has 0 atom stereocenters. The van der Waals surface area contributed by atoms with Gasteiger partial charge in [0.05, 0.1) is 11.9 Å². The Bertz CT molecular complexity index is 927. The van der Waals surface area contributed by atoms with E-state index in [9.17, 15) is 21.2 Å². The van der Waals surface area contributed by atoms with Gasteiger partial charge in [-0.3, -0.25) is 4.39 Å². The summed E-state index contributed by atoms with van der Waals surface area (Å²) < 4.78 is 65.8. The van der Waals surface area contributed by atoms with E-state index in [2.05, 4.69) is 9.71 Å². The Morgan fingerprint density at radius 3 is 2.41 bits per heavy atom. The second-order valence-corrected chi connectivity index (χ2v) is 11.8. The molecule has 11 heteroatoms. The zero-order valence-corrected chi connectivity index (χ0v) is 18.5. The number of aromatic nitrogens is 1. The Morgan fingerprint density at radius 2 is 1.86 bits per heavy atom. The number of pyridine rings is 1. The van der Waals surface area contributed by atoms with E-state index in [0.29, 0.717) is 37.3 Å². The molecule has 3 rings (SSSR count). The van der Waals surface area contributed by atoms with Crippen LogP contribution in [0, 0.1) is 6.92 Å². The van der Waals surface area contributed by atoms with Crippen molar-refractivity contribution in [3.63, 3.8) is 0 Å². The molecule has 1 saturated heterocycles. The molecular weight excluding hydrogens is 419 g/mol. The second-order valence-electron chi connectivity index (χ2n) is 7.80. The zero-order chi connectivity index (χ0) is 21.2. The van der Waals surface area contributed by atoms with Crippen molar-refractivity contribution in [2.75, 3.05) is 38.3 Å². The van der Waals surface area contributed by atoms with Crippen LogP contribution in [0.15, 0.2) is 17.2 Å². The van der Waals surface area contributed by atoms with Crippen molar-refractivity contribution in [2.24, 2.45) is 0 Å². The van der Waals surface area contributed by atoms with E-state index < -0.39 is 26.7 Å². The summed E-state index contributed by atoms with van der Waals surface area (Å²) in [5.41, 5.74) is 0.582. The number of anilines is 1. The maximum absolute atomic E-state index is 12.7. The number of alkyl halides is 1. The molecule has 1 aliphatic heterocycles. The number of aryl methyl sites for hydroxylation is 1. The van der Waals surface area contributed by atoms with Crippen LogP contribution in [0.5, 0.6) is 0 Å². The van der Waals surface area contributed by atoms with Gasteiger partial charge < -0.3 is 4.90 Å². The van der Waals surface area contributed by atoms with Gasteiger partial charge in [-0.05, 0) is 50.7 Å². The van der Waals surface area contributed by atoms with Gasteiger partial charge in [0.1, 0.15) is 10.7 Å². The molecule has 29 heavy (non-hydrogen) atoms. The van der Waals surface area contributed by atoms with E-state index >= 15 is 0 Å². The predicted octanol–water partition coefficient (Wildman–Crippen LogP) is 1.42. The van der Waals surface area contributed by atoms with E-state index in [1.54, 1.807) is 13.0 Å². The summed E-state index contributed by atoms with van der Waals surface area (Å²) in [5, 5.41) is -0.220. The van der Waals surface area contributed by atoms with Gasteiger partial charge in [0.2, 0.25) is 20.0 Å². The van der Waals surface area contributed by atoms with Gasteiger partial charge in [0, 0.05) is 38.9 Å². The molecule has 0 radical (unpaired) electrons. The molecule has 0 amide bonds. The number of piperidine rings is 1. The van der Waals surface area contributed by atoms with Crippen LogP contribution in [0.4, 0.5) is 10.2 Å². The van der Waals surface area contributed by atoms with Crippen molar-refractivity contribution in [1.29, 1.82) is 0 Å². The zero-order valence-electron chi connectivity index (χ0n) is 16.8. The number of nitrogens with zero attached hydrogens (tertiary/aromatic N) is 3. The first-order chi connectivity index (χ1) is 13.6. The lowest BCUT2D eigenvalue weighted by molar-refractivity contribution is 0.407. The van der Waals surface area contributed by atoms with Crippen LogP contribution in [0.2, 0.25) is 0 Å². The standard InChI is InChI=1S/C18H29FN4O4S2/c1-14-12-18(20-13-17(14)29(26,27)22(2)9-3-8-19)23-10-6-15(7-11-23)21-28(24,25)16-4-5-16/h12-13,15-16,21H,3-11H2,1-2H3. The number of rotatable bonds is 9. The average molecular weight is 449 g/mol. The number of halogens is 1. The fourth-order valence-electron chi connectivity index (χ4n) is 3.48. The molecule has 0 bridgehead atoms. The summed E-state index contributed by atoms with van der Waals surface area (Å²) in [6.07, 6.45) is 4.36. The SMILES string of the molecule is Cc1cc(N2CCC(NS(=O)(=O)C3CC3)CC2)ncc1S(=O)(=O)N(C)CCCF. The average Bonchev–Trinajstić information content (AvgIpc) is 3.52. The highest BCUT2D eigenvalue weighted by Gasteiger charge is 2.37. The molecule has 1 aromatic heterocycles. The second kappa shape index (κ2) is 8.83. The van der Waals surface area contributed by atoms with Gasteiger partial charge in [-0.15, -0.1) is 0 Å². The first kappa shape index (κ1) is 22.4. The fourth-order valence-corrected chi connectivity index (χ4v) is 6.48. The van der Waals surface area contributed by atoms with Crippen LogP contribution >= 0.6 is 0 Å². The van der Waals surface area contributed by atoms with E-state index in [1.165, 1.54) is 13.2 Å². The van der Waals surface area contributed by atoms with E-state index in [4.69, 9.17) is 0 Å². The smallest absolute Gasteiger partial charge is 0.244 e. The largest absolute Gasteiger partial charge is 0.356 e. The molecule has 0 aromatic carbocycles. The number of nitrogens with one attached hydrogen (secondary N) is 1. The summed E-state index contributed by atoms with van der Waals surface area (Å²) in [4.78, 5) is 6.50. The summed E-state index contributed by atoms with van der Waals surface area (Å²) >= 11 is 0. The van der Waals surface area contributed by atoms with Gasteiger partial charge in [-0.2, -0.15) is 0 Å². The number of hydrogen-bond donors (Lipinski definition) is 1. The van der Waals surface area contributed by atoms with Crippen LogP contribution in [-0.2, 0) is 20.0 Å². The van der Waals surface area contributed by atoms with Crippen molar-refractivity contribution in [3.05, 3.63) is 17.8 Å². The molecule has 1 aromatic rings. The number of hydrogen-bond acceptors (Lipinski definition) is 6. The van der Waals surface area contributed by atoms with E-state index in [0.717, 1.165) is 17.1 Å². The normalized spacial score (nSPS) is 19.1. The van der Waals surface area contributed by atoms with Gasteiger partial charge in [0.25, 0.3) is 0 Å². The summed E-state index contributed by atoms with van der Waals surface area (Å²) in [6.45, 7) is 2.56. The summed E-state index contributed by atoms with van der Waals surface area (Å²) in [6, 6.07) is 1.67. The highest BCUT2D eigenvalue weighted by molar-refractivity contribution is 7.90. The van der Waals surface area contributed by atoms with Gasteiger partial charge >= 0.3 is 0 Å². The van der Waals surface area contributed by atoms with Crippen molar-refractivity contribution in [1.82, 2.24) is 14.0 Å². The molecule has 2 fully saturated rings. The molecule has 8 nitrogen and oxygen atoms in total. The first-order valence-electron chi connectivity index (χ1n) is 9.90. The van der Waals surface area contributed by atoms with Crippen LogP contribution in [0.25, 0.3) is 0 Å². The van der Waals surface area contributed by atoms with E-state index in [1.807, 2.05) is 4.90 Å². The third kappa shape index (κ3) is 5.25. The summed E-state index contributed by atoms with van der Waals surface area (Å²) in [7, 11) is -5.47. The Labute approximate surface area is 172 Å². The minimum Gasteiger partial charge on any atom is -0.356 e. The lowest BCUT2D eigenvalue weighted by Crippen LogP contribution is -2.45. The van der Waals surface area contributed by atoms with Gasteiger partial charge in [-0.25, -0.2) is 30.8 Å². The fraction of sp³-hybridized carbons (Fsp3) is 0.722. The summed E-state index contributed by atoms with van der Waals surface area (Å²) in [5.74, 6) is 0.677. The topological polar surface area (TPSA) is 99.7 Å². The van der Waals surface area contributed by atoms with Gasteiger partial charge in [-0.1, -0.05) is 0 Å². The lowest BCUT2D eigenvalue weighted by Gasteiger charge is -2.33. The van der Waals surface area contributed by atoms with E-state index in [-0.39, 0.29) is 29.2 Å². The minimum atomic E-state index is -3.71. The Kier molecular flexibility index (Phi) is 6.81. The predicted molar refractivity (Wildman–Crippen MR) is 110 cm³/mol. The van der Waals surface area contributed by atoms with Crippen LogP contribution < -0.4 is 9.62 Å². The molecular formula is C18H29FN4O4S2. The Morgan fingerprint density at radius 1 is 1.21 bits per heavy atom. The molecule has 0 unspecified atom stereocenters. The van der Waals surface area contributed by atoms with Crippen LogP contribution in [0.1, 0.15) is 37.7 Å². The lowest BCUT2D eigenvalue weighted by atomic mass is 10.1. The maximum atomic E-state index is 12.7. The third-order valence-corrected chi connectivity index (χ3v) is 9.45. The Balaban J connectivity index is 1.63. The quantitative estimate of drug-likeness (QED) is 0.613. The molecule has 1 saturated carbocycles. The van der Waals surface area contributed by atoms with Crippen LogP contribution in [0.3, 0.4) is 0 Å². The van der Waals surface area contributed by atoms with Crippen molar-refractivity contribution >= 4 is 25.9 Å². The van der Waals surface area contributed by atoms with Crippen molar-refractivity contribution in [3.8, 4) is 0 Å². The molecule has 0 spiro atoms. The minimum absolute atomic E-state index is 0.0678. The molecule has 1 aliphatic carbocycles. The van der Waals surface area contributed by atoms with Gasteiger partial charge in [0.15, 0.2) is 0 Å². The highest BCUT2D eigenvalue weighted by atomic mass is 32.2. The molecule has 1 N–H and O–H groups in total. The Hall–Kier alpha value is -1.30. The van der Waals surface area contributed by atoms with Crippen LogP contribution in [-0.4, -0.2) is 70.8 Å². The highest BCUT2D eigenvalue weighted by Crippen LogP contribution is 2.29. The van der Waals surface area contributed by atoms with Crippen molar-refractivity contribution < 1.29 is 21.2 Å². The monoisotopic (exact) mass is 448 g/mol.